The number of rotatable bonds is 3. The summed E-state index contributed by atoms with van der Waals surface area (Å²) in [5, 5.41) is 11.1. The van der Waals surface area contributed by atoms with Crippen molar-refractivity contribution in [3.05, 3.63) is 59.1 Å². The van der Waals surface area contributed by atoms with Crippen LogP contribution in [0.25, 0.3) is 11.0 Å². The topological polar surface area (TPSA) is 80.7 Å². The second-order valence-electron chi connectivity index (χ2n) is 4.72. The van der Waals surface area contributed by atoms with Crippen LogP contribution < -0.4 is 5.32 Å². The largest absolute Gasteiger partial charge is 0.341 e. The highest BCUT2D eigenvalue weighted by atomic mass is 35.5. The minimum Gasteiger partial charge on any atom is -0.341 e. The highest BCUT2D eigenvalue weighted by Crippen LogP contribution is 2.15. The minimum absolute atomic E-state index is 0.00227. The van der Waals surface area contributed by atoms with E-state index < -0.39 is 5.91 Å². The Morgan fingerprint density at radius 1 is 1.18 bits per heavy atom. The molecule has 7 heteroatoms. The van der Waals surface area contributed by atoms with E-state index in [9.17, 15) is 4.79 Å². The molecule has 1 N–H and O–H groups in total. The molecule has 0 spiro atoms. The fourth-order valence-corrected chi connectivity index (χ4v) is 2.14. The predicted octanol–water partition coefficient (Wildman–Crippen LogP) is 2.56. The van der Waals surface area contributed by atoms with Crippen molar-refractivity contribution in [2.24, 2.45) is 0 Å². The number of fused-ring (bicyclic) bond motifs is 1. The third-order valence-corrected chi connectivity index (χ3v) is 3.33. The van der Waals surface area contributed by atoms with Crippen LogP contribution in [-0.2, 0) is 0 Å². The Bertz CT molecular complexity index is 825. The van der Waals surface area contributed by atoms with E-state index in [1.807, 2.05) is 25.1 Å². The maximum Gasteiger partial charge on any atom is 0.291 e. The zero-order valence-corrected chi connectivity index (χ0v) is 12.4. The molecule has 0 aliphatic rings. The van der Waals surface area contributed by atoms with Gasteiger partial charge in [0, 0.05) is 11.2 Å². The molecule has 110 valence electrons. The summed E-state index contributed by atoms with van der Waals surface area (Å²) in [7, 11) is 0. The van der Waals surface area contributed by atoms with Gasteiger partial charge in [-0.1, -0.05) is 17.7 Å². The van der Waals surface area contributed by atoms with Crippen molar-refractivity contribution in [1.82, 2.24) is 25.5 Å². The van der Waals surface area contributed by atoms with Crippen molar-refractivity contribution >= 4 is 28.5 Å². The number of pyridine rings is 1. The third-order valence-electron chi connectivity index (χ3n) is 3.10. The van der Waals surface area contributed by atoms with Gasteiger partial charge in [-0.15, -0.1) is 10.2 Å². The van der Waals surface area contributed by atoms with Crippen LogP contribution in [0.4, 0.5) is 0 Å². The number of nitrogens with one attached hydrogen (secondary N) is 1. The first-order valence-electron chi connectivity index (χ1n) is 6.65. The lowest BCUT2D eigenvalue weighted by Crippen LogP contribution is -2.29. The van der Waals surface area contributed by atoms with Crippen LogP contribution in [0.1, 0.15) is 29.3 Å². The van der Waals surface area contributed by atoms with Gasteiger partial charge in [-0.3, -0.25) is 9.78 Å². The molecule has 0 aliphatic carbocycles. The Morgan fingerprint density at radius 2 is 2.05 bits per heavy atom. The average Bonchev–Trinajstić information content (AvgIpc) is 2.54. The highest BCUT2D eigenvalue weighted by Gasteiger charge is 2.15. The molecule has 1 amide bonds. The lowest BCUT2D eigenvalue weighted by molar-refractivity contribution is 0.0928. The number of hydrogen-bond donors (Lipinski definition) is 1. The third kappa shape index (κ3) is 3.01. The molecule has 0 fully saturated rings. The van der Waals surface area contributed by atoms with Crippen LogP contribution in [0.5, 0.6) is 0 Å². The Hall–Kier alpha value is -2.60. The lowest BCUT2D eigenvalue weighted by atomic mass is 10.2. The monoisotopic (exact) mass is 313 g/mol. The fraction of sp³-hybridized carbons (Fsp3) is 0.133. The van der Waals surface area contributed by atoms with Crippen molar-refractivity contribution < 1.29 is 4.79 Å². The van der Waals surface area contributed by atoms with Gasteiger partial charge >= 0.3 is 0 Å². The van der Waals surface area contributed by atoms with Gasteiger partial charge in [-0.25, -0.2) is 4.98 Å². The number of nitrogens with zero attached hydrogens (tertiary/aromatic N) is 4. The molecule has 6 nitrogen and oxygen atoms in total. The van der Waals surface area contributed by atoms with E-state index in [0.717, 1.165) is 5.69 Å². The molecule has 0 bridgehead atoms. The van der Waals surface area contributed by atoms with Crippen LogP contribution in [-0.4, -0.2) is 26.1 Å². The predicted molar refractivity (Wildman–Crippen MR) is 82.5 cm³/mol. The molecular formula is C15H12ClN5O. The van der Waals surface area contributed by atoms with Crippen molar-refractivity contribution in [2.75, 3.05) is 0 Å². The molecule has 0 aliphatic heterocycles. The van der Waals surface area contributed by atoms with E-state index in [4.69, 9.17) is 11.6 Å². The summed E-state index contributed by atoms with van der Waals surface area (Å²) in [5.74, 6) is -0.412. The Morgan fingerprint density at radius 3 is 2.82 bits per heavy atom. The van der Waals surface area contributed by atoms with E-state index in [-0.39, 0.29) is 11.9 Å². The molecule has 2 aromatic heterocycles. The van der Waals surface area contributed by atoms with Gasteiger partial charge in [0.2, 0.25) is 5.82 Å². The Kier molecular flexibility index (Phi) is 3.93. The number of halogens is 1. The molecule has 0 saturated carbocycles. The molecular weight excluding hydrogens is 302 g/mol. The molecule has 3 rings (SSSR count). The zero-order chi connectivity index (χ0) is 15.5. The number of amides is 1. The maximum absolute atomic E-state index is 12.2. The second-order valence-corrected chi connectivity index (χ2v) is 5.15. The van der Waals surface area contributed by atoms with Crippen LogP contribution in [0.2, 0.25) is 5.02 Å². The smallest absolute Gasteiger partial charge is 0.291 e. The molecule has 22 heavy (non-hydrogen) atoms. The number of hydrogen-bond acceptors (Lipinski definition) is 5. The maximum atomic E-state index is 12.2. The van der Waals surface area contributed by atoms with Gasteiger partial charge < -0.3 is 5.32 Å². The molecule has 2 heterocycles. The van der Waals surface area contributed by atoms with E-state index in [1.165, 1.54) is 0 Å². The summed E-state index contributed by atoms with van der Waals surface area (Å²) in [5.41, 5.74) is 1.87. The molecule has 1 unspecified atom stereocenters. The first-order chi connectivity index (χ1) is 10.6. The second kappa shape index (κ2) is 6.03. The minimum atomic E-state index is -0.410. The summed E-state index contributed by atoms with van der Waals surface area (Å²) in [6.45, 7) is 1.84. The van der Waals surface area contributed by atoms with Gasteiger partial charge in [0.1, 0.15) is 5.52 Å². The van der Waals surface area contributed by atoms with Gasteiger partial charge in [0.15, 0.2) is 0 Å². The van der Waals surface area contributed by atoms with Crippen molar-refractivity contribution in [3.8, 4) is 0 Å². The van der Waals surface area contributed by atoms with E-state index >= 15 is 0 Å². The van der Waals surface area contributed by atoms with Gasteiger partial charge in [-0.05, 0) is 37.3 Å². The summed E-state index contributed by atoms with van der Waals surface area (Å²) < 4.78 is 0. The average molecular weight is 314 g/mol. The lowest BCUT2D eigenvalue weighted by Gasteiger charge is -2.12. The fourth-order valence-electron chi connectivity index (χ4n) is 1.97. The van der Waals surface area contributed by atoms with Gasteiger partial charge in [0.25, 0.3) is 5.91 Å². The van der Waals surface area contributed by atoms with Crippen LogP contribution >= 0.6 is 11.6 Å². The summed E-state index contributed by atoms with van der Waals surface area (Å²) in [4.78, 5) is 20.6. The highest BCUT2D eigenvalue weighted by molar-refractivity contribution is 6.31. The van der Waals surface area contributed by atoms with Gasteiger partial charge in [0.05, 0.1) is 17.3 Å². The molecule has 3 aromatic rings. The zero-order valence-electron chi connectivity index (χ0n) is 11.7. The Balaban J connectivity index is 1.83. The van der Waals surface area contributed by atoms with Crippen molar-refractivity contribution in [3.63, 3.8) is 0 Å². The molecule has 0 saturated heterocycles. The van der Waals surface area contributed by atoms with Crippen molar-refractivity contribution in [1.29, 1.82) is 0 Å². The first-order valence-corrected chi connectivity index (χ1v) is 7.03. The summed E-state index contributed by atoms with van der Waals surface area (Å²) >= 11 is 5.92. The standard InChI is InChI=1S/C15H12ClN5O/c1-9(11-4-2-3-7-17-11)18-15(22)14-19-13-8-10(16)5-6-12(13)20-21-14/h2-9H,1H3,(H,18,22). The molecule has 0 radical (unpaired) electrons. The van der Waals surface area contributed by atoms with Crippen molar-refractivity contribution in [2.45, 2.75) is 13.0 Å². The molecule has 1 aromatic carbocycles. The van der Waals surface area contributed by atoms with E-state index in [0.29, 0.717) is 16.1 Å². The molecule has 1 atom stereocenters. The van der Waals surface area contributed by atoms with Crippen LogP contribution in [0.3, 0.4) is 0 Å². The summed E-state index contributed by atoms with van der Waals surface area (Å²) in [6.07, 6.45) is 1.67. The van der Waals surface area contributed by atoms with Crippen LogP contribution in [0, 0.1) is 0 Å². The Labute approximate surface area is 131 Å². The van der Waals surface area contributed by atoms with Gasteiger partial charge in [-0.2, -0.15) is 0 Å². The van der Waals surface area contributed by atoms with Crippen LogP contribution in [0.15, 0.2) is 42.6 Å². The number of aromatic nitrogens is 4. The summed E-state index contributed by atoms with van der Waals surface area (Å²) in [6, 6.07) is 10.3. The quantitative estimate of drug-likeness (QED) is 0.803. The van der Waals surface area contributed by atoms with E-state index in [1.54, 1.807) is 24.4 Å². The number of benzene rings is 1. The number of carbonyl (C=O) groups excluding carboxylic acids is 1. The SMILES string of the molecule is CC(NC(=O)c1nnc2ccc(Cl)cc2n1)c1ccccn1. The normalized spacial score (nSPS) is 12.1. The first kappa shape index (κ1) is 14.3. The van der Waals surface area contributed by atoms with E-state index in [2.05, 4.69) is 25.5 Å². The number of carbonyl (C=O) groups is 1.